The number of hydrogen-bond donors (Lipinski definition) is 0. The summed E-state index contributed by atoms with van der Waals surface area (Å²) in [6, 6.07) is 8.08. The van der Waals surface area contributed by atoms with E-state index in [0.29, 0.717) is 23.7 Å². The number of rotatable bonds is 4. The van der Waals surface area contributed by atoms with Crippen molar-refractivity contribution >= 4 is 10.9 Å². The number of azide groups is 1. The molecule has 144 valence electrons. The van der Waals surface area contributed by atoms with Crippen LogP contribution in [0.15, 0.2) is 35.6 Å². The van der Waals surface area contributed by atoms with Gasteiger partial charge in [0, 0.05) is 29.2 Å². The number of benzene rings is 2. The van der Waals surface area contributed by atoms with E-state index in [1.54, 1.807) is 21.3 Å². The van der Waals surface area contributed by atoms with Crippen LogP contribution in [0.2, 0.25) is 0 Å². The van der Waals surface area contributed by atoms with Gasteiger partial charge in [-0.1, -0.05) is 5.11 Å². The zero-order valence-corrected chi connectivity index (χ0v) is 16.4. The van der Waals surface area contributed by atoms with Crippen molar-refractivity contribution in [3.63, 3.8) is 0 Å². The van der Waals surface area contributed by atoms with Crippen molar-refractivity contribution in [3.8, 4) is 28.4 Å². The predicted molar refractivity (Wildman–Crippen MR) is 108 cm³/mol. The third-order valence-corrected chi connectivity index (χ3v) is 5.47. The quantitative estimate of drug-likeness (QED) is 0.357. The number of nitrogens with zero attached hydrogens (tertiary/aromatic N) is 4. The molecule has 1 atom stereocenters. The number of aromatic nitrogens is 1. The van der Waals surface area contributed by atoms with Crippen LogP contribution in [-0.4, -0.2) is 25.9 Å². The van der Waals surface area contributed by atoms with Gasteiger partial charge in [-0.05, 0) is 64.7 Å². The van der Waals surface area contributed by atoms with E-state index in [1.807, 2.05) is 19.3 Å². The van der Waals surface area contributed by atoms with E-state index >= 15 is 0 Å². The lowest BCUT2D eigenvalue weighted by Gasteiger charge is -2.20. The fourth-order valence-electron chi connectivity index (χ4n) is 4.16. The molecule has 28 heavy (non-hydrogen) atoms. The highest BCUT2D eigenvalue weighted by Gasteiger charge is 2.29. The molecule has 1 aliphatic rings. The lowest BCUT2D eigenvalue weighted by Crippen LogP contribution is -2.01. The van der Waals surface area contributed by atoms with E-state index in [2.05, 4.69) is 32.8 Å². The fraction of sp³-hybridized carbons (Fsp3) is 0.333. The highest BCUT2D eigenvalue weighted by Crippen LogP contribution is 2.51. The maximum absolute atomic E-state index is 9.12. The maximum atomic E-state index is 9.12. The van der Waals surface area contributed by atoms with E-state index in [-0.39, 0.29) is 6.04 Å². The van der Waals surface area contributed by atoms with E-state index < -0.39 is 0 Å². The second-order valence-electron chi connectivity index (χ2n) is 6.86. The fourth-order valence-corrected chi connectivity index (χ4v) is 4.16. The summed E-state index contributed by atoms with van der Waals surface area (Å²) in [5.74, 6) is 1.82. The van der Waals surface area contributed by atoms with Crippen molar-refractivity contribution in [1.82, 2.24) is 4.57 Å². The minimum Gasteiger partial charge on any atom is -0.493 e. The molecule has 3 aromatic rings. The minimum absolute atomic E-state index is 0.251. The van der Waals surface area contributed by atoms with Crippen molar-refractivity contribution in [2.45, 2.75) is 18.9 Å². The first-order valence-electron chi connectivity index (χ1n) is 9.08. The summed E-state index contributed by atoms with van der Waals surface area (Å²) in [4.78, 5) is 3.10. The van der Waals surface area contributed by atoms with Gasteiger partial charge in [0.15, 0.2) is 11.5 Å². The molecule has 1 heterocycles. The third kappa shape index (κ3) is 2.63. The molecule has 0 N–H and O–H groups in total. The van der Waals surface area contributed by atoms with Crippen LogP contribution in [0.25, 0.3) is 32.5 Å². The molecule has 0 fully saturated rings. The summed E-state index contributed by atoms with van der Waals surface area (Å²) in [6.07, 6.45) is 3.47. The average Bonchev–Trinajstić information content (AvgIpc) is 3.00. The first-order valence-corrected chi connectivity index (χ1v) is 9.08. The molecular weight excluding hydrogens is 356 g/mol. The molecule has 1 aliphatic carbocycles. The van der Waals surface area contributed by atoms with Gasteiger partial charge in [-0.15, -0.1) is 0 Å². The molecule has 7 nitrogen and oxygen atoms in total. The Morgan fingerprint density at radius 2 is 1.89 bits per heavy atom. The third-order valence-electron chi connectivity index (χ3n) is 5.47. The van der Waals surface area contributed by atoms with Crippen LogP contribution in [0.4, 0.5) is 0 Å². The first-order chi connectivity index (χ1) is 13.6. The number of ether oxygens (including phenoxy) is 3. The van der Waals surface area contributed by atoms with Crippen molar-refractivity contribution in [1.29, 1.82) is 0 Å². The van der Waals surface area contributed by atoms with E-state index in [4.69, 9.17) is 19.7 Å². The number of aryl methyl sites for hydroxylation is 2. The zero-order valence-electron chi connectivity index (χ0n) is 16.4. The van der Waals surface area contributed by atoms with Crippen molar-refractivity contribution in [2.24, 2.45) is 12.2 Å². The van der Waals surface area contributed by atoms with Gasteiger partial charge in [0.1, 0.15) is 0 Å². The van der Waals surface area contributed by atoms with Crippen LogP contribution >= 0.6 is 0 Å². The lowest BCUT2D eigenvalue weighted by molar-refractivity contribution is 0.324. The van der Waals surface area contributed by atoms with Gasteiger partial charge in [-0.25, -0.2) is 0 Å². The molecular formula is C21H22N4O3. The zero-order chi connectivity index (χ0) is 19.8. The van der Waals surface area contributed by atoms with Crippen LogP contribution < -0.4 is 14.2 Å². The molecule has 1 unspecified atom stereocenters. The Balaban J connectivity index is 2.12. The Morgan fingerprint density at radius 3 is 2.57 bits per heavy atom. The Kier molecular flexibility index (Phi) is 4.53. The van der Waals surface area contributed by atoms with Crippen molar-refractivity contribution in [2.75, 3.05) is 21.3 Å². The summed E-state index contributed by atoms with van der Waals surface area (Å²) in [7, 11) is 6.87. The molecule has 0 amide bonds. The van der Waals surface area contributed by atoms with Gasteiger partial charge in [0.05, 0.1) is 27.4 Å². The van der Waals surface area contributed by atoms with Crippen molar-refractivity contribution < 1.29 is 14.2 Å². The van der Waals surface area contributed by atoms with Gasteiger partial charge in [-0.3, -0.25) is 0 Å². The average molecular weight is 378 g/mol. The van der Waals surface area contributed by atoms with Gasteiger partial charge in [0.25, 0.3) is 0 Å². The molecule has 0 saturated heterocycles. The van der Waals surface area contributed by atoms with Crippen LogP contribution in [0.3, 0.4) is 0 Å². The predicted octanol–water partition coefficient (Wildman–Crippen LogP) is 5.17. The van der Waals surface area contributed by atoms with E-state index in [0.717, 1.165) is 39.6 Å². The highest BCUT2D eigenvalue weighted by atomic mass is 16.5. The van der Waals surface area contributed by atoms with Gasteiger partial charge in [-0.2, -0.15) is 0 Å². The largest absolute Gasteiger partial charge is 0.493 e. The van der Waals surface area contributed by atoms with Crippen LogP contribution in [0, 0.1) is 0 Å². The molecule has 0 saturated carbocycles. The Bertz CT molecular complexity index is 1110. The second-order valence-corrected chi connectivity index (χ2v) is 6.86. The van der Waals surface area contributed by atoms with E-state index in [9.17, 15) is 0 Å². The summed E-state index contributed by atoms with van der Waals surface area (Å²) in [5.41, 5.74) is 14.3. The summed E-state index contributed by atoms with van der Waals surface area (Å²) >= 11 is 0. The lowest BCUT2D eigenvalue weighted by atomic mass is 9.92. The standard InChI is InChI=1S/C21H22N4O3/c1-25-8-7-12-9-14-15(11-17(12)25)19-13(5-6-16(14)23-24-22)10-18(26-2)20(27-3)21(19)28-4/h7-11,16H,5-6H2,1-4H3. The molecule has 0 spiro atoms. The number of methoxy groups -OCH3 is 3. The Labute approximate surface area is 163 Å². The van der Waals surface area contributed by atoms with Gasteiger partial charge in [0.2, 0.25) is 5.75 Å². The molecule has 1 aromatic heterocycles. The summed E-state index contributed by atoms with van der Waals surface area (Å²) in [5, 5.41) is 5.21. The van der Waals surface area contributed by atoms with Crippen LogP contribution in [0.1, 0.15) is 23.6 Å². The van der Waals surface area contributed by atoms with Gasteiger partial charge >= 0.3 is 0 Å². The van der Waals surface area contributed by atoms with Crippen LogP contribution in [0.5, 0.6) is 17.2 Å². The second kappa shape index (κ2) is 7.02. The normalized spacial score (nSPS) is 15.2. The molecule has 0 bridgehead atoms. The SMILES string of the molecule is COc1cc2c(c(OC)c1OC)-c1cc3c(ccn3C)cc1C(N=[N+]=[N-])CC2. The summed E-state index contributed by atoms with van der Waals surface area (Å²) < 4.78 is 19.0. The Morgan fingerprint density at radius 1 is 1.11 bits per heavy atom. The molecule has 4 rings (SSSR count). The molecule has 0 radical (unpaired) electrons. The molecule has 2 aromatic carbocycles. The summed E-state index contributed by atoms with van der Waals surface area (Å²) in [6.45, 7) is 0. The van der Waals surface area contributed by atoms with Crippen molar-refractivity contribution in [3.05, 3.63) is 52.0 Å². The first kappa shape index (κ1) is 18.1. The molecule has 0 aliphatic heterocycles. The smallest absolute Gasteiger partial charge is 0.203 e. The number of hydrogen-bond acceptors (Lipinski definition) is 4. The molecule has 7 heteroatoms. The monoisotopic (exact) mass is 378 g/mol. The van der Waals surface area contributed by atoms with Gasteiger partial charge < -0.3 is 18.8 Å². The maximum Gasteiger partial charge on any atom is 0.203 e. The highest BCUT2D eigenvalue weighted by molar-refractivity contribution is 5.91. The Hall–Kier alpha value is -3.31. The van der Waals surface area contributed by atoms with E-state index in [1.165, 1.54) is 0 Å². The topological polar surface area (TPSA) is 81.4 Å². The van der Waals surface area contributed by atoms with Crippen LogP contribution in [-0.2, 0) is 13.5 Å². The minimum atomic E-state index is -0.251. The number of fused-ring (bicyclic) bond motifs is 4.